The summed E-state index contributed by atoms with van der Waals surface area (Å²) in [6, 6.07) is 14.5. The molecule has 0 bridgehead atoms. The standard InChI is InChI=1S/C22H23ClN2O2S/c1-4-12-27-18-11-10-16(13-17(18)23)20-19(14(2)25(3)22(28)24-20)21(26)15-8-6-5-7-9-15/h5-11,13,20H,4,12H2,1-3H3,(H,24,28). The SMILES string of the molecule is CCCOc1ccc(C2NC(=S)N(C)C(C)=C2C(=O)c2ccccc2)cc1Cl. The van der Waals surface area contributed by atoms with Gasteiger partial charge in [0.15, 0.2) is 10.9 Å². The molecule has 1 heterocycles. The first-order valence-corrected chi connectivity index (χ1v) is 9.99. The van der Waals surface area contributed by atoms with Crippen molar-refractivity contribution in [3.8, 4) is 5.75 Å². The number of hydrogen-bond acceptors (Lipinski definition) is 3. The van der Waals surface area contributed by atoms with Gasteiger partial charge >= 0.3 is 0 Å². The van der Waals surface area contributed by atoms with Gasteiger partial charge in [-0.1, -0.05) is 54.9 Å². The van der Waals surface area contributed by atoms with Gasteiger partial charge in [-0.2, -0.15) is 0 Å². The van der Waals surface area contributed by atoms with Gasteiger partial charge in [0.1, 0.15) is 5.75 Å². The van der Waals surface area contributed by atoms with Crippen molar-refractivity contribution in [3.05, 3.63) is 76.0 Å². The third-order valence-corrected chi connectivity index (χ3v) is 5.47. The molecule has 0 spiro atoms. The molecule has 3 rings (SSSR count). The number of thiocarbonyl (C=S) groups is 1. The summed E-state index contributed by atoms with van der Waals surface area (Å²) < 4.78 is 5.67. The molecule has 0 saturated carbocycles. The van der Waals surface area contributed by atoms with Crippen LogP contribution in [0.15, 0.2) is 59.8 Å². The maximum atomic E-state index is 13.3. The molecule has 0 amide bonds. The first kappa shape index (κ1) is 20.4. The van der Waals surface area contributed by atoms with Crippen molar-refractivity contribution in [3.63, 3.8) is 0 Å². The topological polar surface area (TPSA) is 41.6 Å². The summed E-state index contributed by atoms with van der Waals surface area (Å²) in [5.41, 5.74) is 2.98. The number of nitrogens with zero attached hydrogens (tertiary/aromatic N) is 1. The second kappa shape index (κ2) is 8.76. The van der Waals surface area contributed by atoms with E-state index < -0.39 is 0 Å². The summed E-state index contributed by atoms with van der Waals surface area (Å²) in [5.74, 6) is 0.604. The first-order chi connectivity index (χ1) is 13.4. The fraction of sp³-hybridized carbons (Fsp3) is 0.273. The van der Waals surface area contributed by atoms with Crippen LogP contribution in [0.25, 0.3) is 0 Å². The fourth-order valence-corrected chi connectivity index (χ4v) is 3.65. The lowest BCUT2D eigenvalue weighted by Crippen LogP contribution is -2.45. The Kier molecular flexibility index (Phi) is 6.37. The van der Waals surface area contributed by atoms with Gasteiger partial charge in [-0.05, 0) is 43.3 Å². The van der Waals surface area contributed by atoms with E-state index in [1.54, 1.807) is 0 Å². The molecule has 1 aliphatic heterocycles. The van der Waals surface area contributed by atoms with Gasteiger partial charge in [0, 0.05) is 23.9 Å². The van der Waals surface area contributed by atoms with E-state index in [0.29, 0.717) is 33.6 Å². The monoisotopic (exact) mass is 414 g/mol. The number of carbonyl (C=O) groups is 1. The first-order valence-electron chi connectivity index (χ1n) is 9.21. The molecule has 1 unspecified atom stereocenters. The molecule has 0 saturated heterocycles. The highest BCUT2D eigenvalue weighted by Gasteiger charge is 2.33. The summed E-state index contributed by atoms with van der Waals surface area (Å²) in [4.78, 5) is 15.1. The van der Waals surface area contributed by atoms with Crippen LogP contribution in [-0.4, -0.2) is 29.5 Å². The third kappa shape index (κ3) is 4.05. The van der Waals surface area contributed by atoms with Gasteiger partial charge in [-0.25, -0.2) is 0 Å². The number of halogens is 1. The van der Waals surface area contributed by atoms with Gasteiger partial charge in [0.25, 0.3) is 0 Å². The molecule has 0 aromatic heterocycles. The Morgan fingerprint density at radius 2 is 1.96 bits per heavy atom. The molecule has 1 N–H and O–H groups in total. The minimum Gasteiger partial charge on any atom is -0.492 e. The second-order valence-electron chi connectivity index (χ2n) is 6.67. The number of ether oxygens (including phenoxy) is 1. The number of allylic oxidation sites excluding steroid dienone is 1. The highest BCUT2D eigenvalue weighted by molar-refractivity contribution is 7.80. The number of benzene rings is 2. The van der Waals surface area contributed by atoms with Crippen molar-refractivity contribution in [2.45, 2.75) is 26.3 Å². The quantitative estimate of drug-likeness (QED) is 0.523. The van der Waals surface area contributed by atoms with E-state index in [2.05, 4.69) is 5.32 Å². The van der Waals surface area contributed by atoms with E-state index in [1.807, 2.05) is 74.3 Å². The van der Waals surface area contributed by atoms with Crippen molar-refractivity contribution >= 4 is 34.7 Å². The summed E-state index contributed by atoms with van der Waals surface area (Å²) in [7, 11) is 1.85. The Morgan fingerprint density at radius 3 is 2.61 bits per heavy atom. The van der Waals surface area contributed by atoms with Crippen LogP contribution in [0.2, 0.25) is 5.02 Å². The van der Waals surface area contributed by atoms with Crippen molar-refractivity contribution in [2.75, 3.05) is 13.7 Å². The average Bonchev–Trinajstić information content (AvgIpc) is 2.71. The lowest BCUT2D eigenvalue weighted by Gasteiger charge is -2.36. The predicted molar refractivity (Wildman–Crippen MR) is 117 cm³/mol. The molecule has 0 radical (unpaired) electrons. The second-order valence-corrected chi connectivity index (χ2v) is 7.47. The molecule has 1 atom stereocenters. The zero-order valence-electron chi connectivity index (χ0n) is 16.2. The summed E-state index contributed by atoms with van der Waals surface area (Å²) in [6.45, 7) is 4.56. The van der Waals surface area contributed by atoms with Crippen molar-refractivity contribution in [1.29, 1.82) is 0 Å². The Hall–Kier alpha value is -2.37. The molecule has 2 aromatic rings. The van der Waals surface area contributed by atoms with Crippen LogP contribution in [0.1, 0.15) is 42.2 Å². The van der Waals surface area contributed by atoms with Gasteiger partial charge in [-0.3, -0.25) is 4.79 Å². The maximum Gasteiger partial charge on any atom is 0.193 e. The molecule has 4 nitrogen and oxygen atoms in total. The van der Waals surface area contributed by atoms with Crippen molar-refractivity contribution < 1.29 is 9.53 Å². The lowest BCUT2D eigenvalue weighted by atomic mass is 9.89. The predicted octanol–water partition coefficient (Wildman–Crippen LogP) is 5.15. The van der Waals surface area contributed by atoms with Crippen LogP contribution in [-0.2, 0) is 0 Å². The summed E-state index contributed by atoms with van der Waals surface area (Å²) >= 11 is 11.9. The minimum absolute atomic E-state index is 0.0348. The van der Waals surface area contributed by atoms with Gasteiger partial charge in [0.05, 0.1) is 17.7 Å². The van der Waals surface area contributed by atoms with E-state index in [1.165, 1.54) is 0 Å². The summed E-state index contributed by atoms with van der Waals surface area (Å²) in [5, 5.41) is 4.36. The Balaban J connectivity index is 2.04. The molecule has 2 aromatic carbocycles. The van der Waals surface area contributed by atoms with Gasteiger partial charge in [0.2, 0.25) is 0 Å². The molecular formula is C22H23ClN2O2S. The zero-order chi connectivity index (χ0) is 20.3. The van der Waals surface area contributed by atoms with Crippen molar-refractivity contribution in [1.82, 2.24) is 10.2 Å². The van der Waals surface area contributed by atoms with E-state index in [0.717, 1.165) is 17.7 Å². The zero-order valence-corrected chi connectivity index (χ0v) is 17.7. The molecule has 146 valence electrons. The fourth-order valence-electron chi connectivity index (χ4n) is 3.15. The average molecular weight is 415 g/mol. The van der Waals surface area contributed by atoms with E-state index in [9.17, 15) is 4.79 Å². The molecule has 28 heavy (non-hydrogen) atoms. The highest BCUT2D eigenvalue weighted by Crippen LogP contribution is 2.35. The van der Waals surface area contributed by atoms with Crippen LogP contribution in [0.3, 0.4) is 0 Å². The normalized spacial score (nSPS) is 16.8. The highest BCUT2D eigenvalue weighted by atomic mass is 35.5. The van der Waals surface area contributed by atoms with Crippen LogP contribution in [0.4, 0.5) is 0 Å². The van der Waals surface area contributed by atoms with E-state index >= 15 is 0 Å². The van der Waals surface area contributed by atoms with Crippen LogP contribution >= 0.6 is 23.8 Å². The number of ketones is 1. The minimum atomic E-state index is -0.380. The molecular weight excluding hydrogens is 392 g/mol. The van der Waals surface area contributed by atoms with Crippen LogP contribution in [0.5, 0.6) is 5.75 Å². The van der Waals surface area contributed by atoms with Crippen LogP contribution < -0.4 is 10.1 Å². The Bertz CT molecular complexity index is 927. The van der Waals surface area contributed by atoms with E-state index in [-0.39, 0.29) is 11.8 Å². The number of carbonyl (C=O) groups excluding carboxylic acids is 1. The van der Waals surface area contributed by atoms with Gasteiger partial charge in [-0.15, -0.1) is 0 Å². The molecule has 0 fully saturated rings. The number of rotatable bonds is 6. The van der Waals surface area contributed by atoms with E-state index in [4.69, 9.17) is 28.6 Å². The molecule has 1 aliphatic rings. The number of hydrogen-bond donors (Lipinski definition) is 1. The summed E-state index contributed by atoms with van der Waals surface area (Å²) in [6.07, 6.45) is 0.903. The maximum absolute atomic E-state index is 13.3. The molecule has 0 aliphatic carbocycles. The van der Waals surface area contributed by atoms with Crippen LogP contribution in [0, 0.1) is 0 Å². The largest absolute Gasteiger partial charge is 0.492 e. The number of Topliss-reactive ketones (excluding diaryl/α,β-unsaturated/α-hetero) is 1. The number of nitrogens with one attached hydrogen (secondary N) is 1. The third-order valence-electron chi connectivity index (χ3n) is 4.79. The van der Waals surface area contributed by atoms with Gasteiger partial charge < -0.3 is 15.0 Å². The Morgan fingerprint density at radius 1 is 1.25 bits per heavy atom. The smallest absolute Gasteiger partial charge is 0.193 e. The lowest BCUT2D eigenvalue weighted by molar-refractivity contribution is 0.102. The Labute approximate surface area is 176 Å². The van der Waals surface area contributed by atoms with Crippen molar-refractivity contribution in [2.24, 2.45) is 0 Å². The molecule has 6 heteroatoms.